The lowest BCUT2D eigenvalue weighted by Crippen LogP contribution is -2.20. The zero-order valence-corrected chi connectivity index (χ0v) is 21.1. The zero-order chi connectivity index (χ0) is 25.1. The quantitative estimate of drug-likeness (QED) is 0.256. The fraction of sp³-hybridized carbons (Fsp3) is 0.387. The van der Waals surface area contributed by atoms with Gasteiger partial charge in [0.25, 0.3) is 0 Å². The second-order valence-corrected chi connectivity index (χ2v) is 10.2. The van der Waals surface area contributed by atoms with Crippen LogP contribution < -0.4 is 4.74 Å². The molecule has 0 bridgehead atoms. The molecule has 1 saturated heterocycles. The molecule has 1 saturated carbocycles. The summed E-state index contributed by atoms with van der Waals surface area (Å²) in [5.41, 5.74) is 4.83. The molecule has 1 aliphatic carbocycles. The minimum Gasteiger partial charge on any atom is -0.487 e. The number of hydrogen-bond acceptors (Lipinski definition) is 5. The molecule has 6 heteroatoms. The molecule has 1 aliphatic heterocycles. The van der Waals surface area contributed by atoms with E-state index in [1.165, 1.54) is 5.56 Å². The van der Waals surface area contributed by atoms with Crippen LogP contribution in [0, 0.1) is 0 Å². The van der Waals surface area contributed by atoms with Gasteiger partial charge < -0.3 is 19.3 Å². The van der Waals surface area contributed by atoms with Crippen LogP contribution in [-0.4, -0.2) is 33.7 Å². The van der Waals surface area contributed by atoms with Gasteiger partial charge in [-0.15, -0.1) is 0 Å². The van der Waals surface area contributed by atoms with E-state index in [4.69, 9.17) is 19.3 Å². The number of benzene rings is 3. The minimum atomic E-state index is -0.149. The van der Waals surface area contributed by atoms with E-state index in [1.54, 1.807) is 0 Å². The Hall–Kier alpha value is -3.19. The number of nitrogens with zero attached hydrogens (tertiary/aromatic N) is 2. The van der Waals surface area contributed by atoms with Crippen LogP contribution in [0.15, 0.2) is 72.8 Å². The third-order valence-electron chi connectivity index (χ3n) is 7.44. The summed E-state index contributed by atoms with van der Waals surface area (Å²) < 4.78 is 20.6. The van der Waals surface area contributed by atoms with Crippen molar-refractivity contribution in [2.75, 3.05) is 13.2 Å². The highest BCUT2D eigenvalue weighted by Crippen LogP contribution is 2.44. The molecule has 6 rings (SSSR count). The highest BCUT2D eigenvalue weighted by molar-refractivity contribution is 5.94. The predicted octanol–water partition coefficient (Wildman–Crippen LogP) is 6.41. The number of aliphatic hydroxyl groups excluding tert-OH is 1. The number of hydrogen-bond donors (Lipinski definition) is 1. The Balaban J connectivity index is 1.24. The first-order valence-electron chi connectivity index (χ1n) is 13.4. The molecule has 6 nitrogen and oxygen atoms in total. The topological polar surface area (TPSA) is 65.7 Å². The number of fused-ring (bicyclic) bond motifs is 1. The van der Waals surface area contributed by atoms with E-state index in [2.05, 4.69) is 30.3 Å². The number of aromatic nitrogens is 2. The van der Waals surface area contributed by atoms with Gasteiger partial charge in [0.1, 0.15) is 17.0 Å². The molecule has 3 aromatic carbocycles. The fourth-order valence-electron chi connectivity index (χ4n) is 5.16. The van der Waals surface area contributed by atoms with Gasteiger partial charge in [-0.1, -0.05) is 48.5 Å². The minimum absolute atomic E-state index is 0.00143. The number of ether oxygens (including phenoxy) is 3. The summed E-state index contributed by atoms with van der Waals surface area (Å²) in [6, 6.07) is 24.5. The first kappa shape index (κ1) is 24.2. The monoisotopic (exact) mass is 498 g/mol. The van der Waals surface area contributed by atoms with E-state index in [9.17, 15) is 5.11 Å². The second kappa shape index (κ2) is 10.7. The van der Waals surface area contributed by atoms with E-state index < -0.39 is 0 Å². The molecule has 192 valence electrons. The van der Waals surface area contributed by atoms with Crippen molar-refractivity contribution in [1.29, 1.82) is 0 Å². The van der Waals surface area contributed by atoms with Crippen molar-refractivity contribution in [3.63, 3.8) is 0 Å². The van der Waals surface area contributed by atoms with Gasteiger partial charge in [0.2, 0.25) is 0 Å². The first-order chi connectivity index (χ1) is 18.2. The van der Waals surface area contributed by atoms with Gasteiger partial charge in [-0.2, -0.15) is 5.10 Å². The molecule has 1 unspecified atom stereocenters. The molecular weight excluding hydrogens is 464 g/mol. The van der Waals surface area contributed by atoms with Crippen LogP contribution in [0.2, 0.25) is 0 Å². The van der Waals surface area contributed by atoms with Gasteiger partial charge in [-0.05, 0) is 67.5 Å². The molecular formula is C31H34N2O4. The summed E-state index contributed by atoms with van der Waals surface area (Å²) >= 11 is 0. The molecule has 37 heavy (non-hydrogen) atoms. The fourth-order valence-corrected chi connectivity index (χ4v) is 5.16. The standard InChI is InChI=1S/C31H34N2O4/c34-21-24-9-6-10-25(19-24)30-27-20-26(12-13-28(27)33(32-30)29-11-4-5-17-36-29)37-31(14-15-31)16-18-35-22-23-7-2-1-3-8-23/h1-3,6-10,12-13,19-20,29,34H,4-5,11,14-18,21-22H2. The molecule has 0 radical (unpaired) electrons. The molecule has 2 fully saturated rings. The van der Waals surface area contributed by atoms with Crippen LogP contribution in [0.25, 0.3) is 22.2 Å². The molecule has 2 aliphatic rings. The van der Waals surface area contributed by atoms with Crippen LogP contribution in [-0.2, 0) is 22.7 Å². The van der Waals surface area contributed by atoms with Crippen molar-refractivity contribution >= 4 is 10.9 Å². The van der Waals surface area contributed by atoms with Crippen LogP contribution in [0.3, 0.4) is 0 Å². The summed E-state index contributed by atoms with van der Waals surface area (Å²) in [6.07, 6.45) is 6.08. The molecule has 1 N–H and O–H groups in total. The molecule has 2 heterocycles. The molecule has 1 atom stereocenters. The van der Waals surface area contributed by atoms with Crippen molar-refractivity contribution in [2.24, 2.45) is 0 Å². The van der Waals surface area contributed by atoms with E-state index >= 15 is 0 Å². The smallest absolute Gasteiger partial charge is 0.150 e. The van der Waals surface area contributed by atoms with Crippen molar-refractivity contribution in [3.8, 4) is 17.0 Å². The Kier molecular flexibility index (Phi) is 6.96. The van der Waals surface area contributed by atoms with Crippen LogP contribution in [0.4, 0.5) is 0 Å². The summed E-state index contributed by atoms with van der Waals surface area (Å²) in [4.78, 5) is 0. The Bertz CT molecular complexity index is 1340. The third-order valence-corrected chi connectivity index (χ3v) is 7.44. The van der Waals surface area contributed by atoms with Gasteiger partial charge in [0.15, 0.2) is 6.23 Å². The molecule has 1 aromatic heterocycles. The Labute approximate surface area is 217 Å². The maximum atomic E-state index is 9.69. The second-order valence-electron chi connectivity index (χ2n) is 10.2. The Morgan fingerprint density at radius 3 is 2.62 bits per heavy atom. The first-order valence-corrected chi connectivity index (χ1v) is 13.4. The maximum Gasteiger partial charge on any atom is 0.150 e. The number of aliphatic hydroxyl groups is 1. The van der Waals surface area contributed by atoms with Gasteiger partial charge in [-0.25, -0.2) is 4.68 Å². The largest absolute Gasteiger partial charge is 0.487 e. The lowest BCUT2D eigenvalue weighted by Gasteiger charge is -2.23. The Morgan fingerprint density at radius 2 is 1.84 bits per heavy atom. The van der Waals surface area contributed by atoms with Crippen LogP contribution in [0.5, 0.6) is 5.75 Å². The third kappa shape index (κ3) is 5.42. The zero-order valence-electron chi connectivity index (χ0n) is 21.1. The SMILES string of the molecule is OCc1cccc(-c2nn(C3CCCCO3)c3ccc(OC4(CCOCc5ccccc5)CC4)cc23)c1. The van der Waals surface area contributed by atoms with E-state index in [0.717, 1.165) is 78.6 Å². The summed E-state index contributed by atoms with van der Waals surface area (Å²) in [6.45, 7) is 2.06. The van der Waals surface area contributed by atoms with Crippen molar-refractivity contribution < 1.29 is 19.3 Å². The summed E-state index contributed by atoms with van der Waals surface area (Å²) in [7, 11) is 0. The molecule has 4 aromatic rings. The van der Waals surface area contributed by atoms with Crippen LogP contribution >= 0.6 is 0 Å². The summed E-state index contributed by atoms with van der Waals surface area (Å²) in [5, 5.41) is 15.8. The average molecular weight is 499 g/mol. The maximum absolute atomic E-state index is 9.69. The van der Waals surface area contributed by atoms with Gasteiger partial charge in [0, 0.05) is 24.0 Å². The number of rotatable bonds is 10. The van der Waals surface area contributed by atoms with Gasteiger partial charge in [0.05, 0.1) is 25.3 Å². The van der Waals surface area contributed by atoms with E-state index in [1.807, 2.05) is 47.1 Å². The van der Waals surface area contributed by atoms with E-state index in [-0.39, 0.29) is 18.4 Å². The lowest BCUT2D eigenvalue weighted by molar-refractivity contribution is -0.0365. The van der Waals surface area contributed by atoms with Crippen molar-refractivity contribution in [2.45, 2.75) is 63.6 Å². The molecule has 0 amide bonds. The Morgan fingerprint density at radius 1 is 0.973 bits per heavy atom. The van der Waals surface area contributed by atoms with Gasteiger partial charge >= 0.3 is 0 Å². The van der Waals surface area contributed by atoms with Crippen molar-refractivity contribution in [3.05, 3.63) is 83.9 Å². The van der Waals surface area contributed by atoms with E-state index in [0.29, 0.717) is 13.2 Å². The van der Waals surface area contributed by atoms with Gasteiger partial charge in [-0.3, -0.25) is 0 Å². The molecule has 0 spiro atoms. The average Bonchev–Trinajstić information content (AvgIpc) is 3.61. The van der Waals surface area contributed by atoms with Crippen molar-refractivity contribution in [1.82, 2.24) is 9.78 Å². The lowest BCUT2D eigenvalue weighted by atomic mass is 10.0. The highest BCUT2D eigenvalue weighted by Gasteiger charge is 2.45. The van der Waals surface area contributed by atoms with Crippen LogP contribution in [0.1, 0.15) is 55.9 Å². The summed E-state index contributed by atoms with van der Waals surface area (Å²) in [5.74, 6) is 0.858. The normalized spacial score (nSPS) is 18.7. The predicted molar refractivity (Wildman–Crippen MR) is 143 cm³/mol. The highest BCUT2D eigenvalue weighted by atomic mass is 16.5.